The second kappa shape index (κ2) is 5.50. The van der Waals surface area contributed by atoms with Crippen LogP contribution in [0.1, 0.15) is 31.2 Å². The van der Waals surface area contributed by atoms with Gasteiger partial charge in [-0.1, -0.05) is 18.9 Å². The first-order valence-corrected chi connectivity index (χ1v) is 6.88. The van der Waals surface area contributed by atoms with Crippen LogP contribution in [-0.4, -0.2) is 12.8 Å². The first kappa shape index (κ1) is 12.3. The molecule has 2 unspecified atom stereocenters. The van der Waals surface area contributed by atoms with E-state index in [2.05, 4.69) is 11.4 Å². The van der Waals surface area contributed by atoms with Crippen LogP contribution in [0.2, 0.25) is 0 Å². The molecule has 0 bridgehead atoms. The van der Waals surface area contributed by atoms with Gasteiger partial charge in [0.05, 0.1) is 12.0 Å². The summed E-state index contributed by atoms with van der Waals surface area (Å²) < 4.78 is 10.7. The molecule has 1 heterocycles. The maximum Gasteiger partial charge on any atom is 0.231 e. The highest BCUT2D eigenvalue weighted by atomic mass is 16.7. The monoisotopic (exact) mass is 258 g/mol. The third-order valence-electron chi connectivity index (χ3n) is 3.94. The van der Waals surface area contributed by atoms with E-state index in [1.807, 2.05) is 18.2 Å². The Balaban J connectivity index is 1.61. The summed E-state index contributed by atoms with van der Waals surface area (Å²) in [5.74, 6) is 1.79. The van der Waals surface area contributed by atoms with Crippen molar-refractivity contribution in [2.75, 3.05) is 6.79 Å². The molecule has 3 rings (SSSR count). The third-order valence-corrected chi connectivity index (χ3v) is 3.94. The number of nitriles is 1. The molecule has 1 aromatic rings. The summed E-state index contributed by atoms with van der Waals surface area (Å²) in [6, 6.07) is 8.75. The largest absolute Gasteiger partial charge is 0.454 e. The molecule has 4 nitrogen and oxygen atoms in total. The second-order valence-corrected chi connectivity index (χ2v) is 5.20. The van der Waals surface area contributed by atoms with E-state index in [0.29, 0.717) is 12.8 Å². The van der Waals surface area contributed by atoms with E-state index in [4.69, 9.17) is 14.7 Å². The summed E-state index contributed by atoms with van der Waals surface area (Å²) in [5.41, 5.74) is 1.17. The predicted molar refractivity (Wildman–Crippen MR) is 70.8 cm³/mol. The lowest BCUT2D eigenvalue weighted by atomic mass is 9.85. The number of ether oxygens (including phenoxy) is 2. The molecular weight excluding hydrogens is 240 g/mol. The van der Waals surface area contributed by atoms with Gasteiger partial charge in [-0.15, -0.1) is 0 Å². The van der Waals surface area contributed by atoms with Gasteiger partial charge in [-0.05, 0) is 30.5 Å². The maximum atomic E-state index is 9.16. The number of nitrogens with zero attached hydrogens (tertiary/aromatic N) is 1. The van der Waals surface area contributed by atoms with Gasteiger partial charge in [-0.3, -0.25) is 0 Å². The minimum Gasteiger partial charge on any atom is -0.454 e. The van der Waals surface area contributed by atoms with Crippen molar-refractivity contribution in [1.82, 2.24) is 5.32 Å². The molecule has 1 aliphatic heterocycles. The summed E-state index contributed by atoms with van der Waals surface area (Å²) >= 11 is 0. The van der Waals surface area contributed by atoms with Crippen LogP contribution in [0.4, 0.5) is 0 Å². The molecule has 1 aliphatic carbocycles. The number of nitrogens with one attached hydrogen (secondary N) is 1. The Kier molecular flexibility index (Phi) is 3.56. The van der Waals surface area contributed by atoms with Crippen molar-refractivity contribution in [3.8, 4) is 17.6 Å². The van der Waals surface area contributed by atoms with Crippen molar-refractivity contribution in [2.24, 2.45) is 5.92 Å². The molecule has 0 amide bonds. The first-order valence-electron chi connectivity index (χ1n) is 6.88. The van der Waals surface area contributed by atoms with Crippen LogP contribution < -0.4 is 14.8 Å². The average molecular weight is 258 g/mol. The Morgan fingerprint density at radius 3 is 2.95 bits per heavy atom. The van der Waals surface area contributed by atoms with E-state index >= 15 is 0 Å². The van der Waals surface area contributed by atoms with E-state index in [-0.39, 0.29) is 5.92 Å². The summed E-state index contributed by atoms with van der Waals surface area (Å²) in [7, 11) is 0. The molecule has 0 spiro atoms. The summed E-state index contributed by atoms with van der Waals surface area (Å²) in [4.78, 5) is 0. The van der Waals surface area contributed by atoms with Crippen LogP contribution in [-0.2, 0) is 6.54 Å². The minimum atomic E-state index is 0.155. The molecule has 0 radical (unpaired) electrons. The fraction of sp³-hybridized carbons (Fsp3) is 0.533. The van der Waals surface area contributed by atoms with E-state index in [9.17, 15) is 0 Å². The number of hydrogen-bond acceptors (Lipinski definition) is 4. The van der Waals surface area contributed by atoms with E-state index in [1.54, 1.807) is 0 Å². The standard InChI is InChI=1S/C15H18N2O2/c16-8-12-3-1-2-4-13(12)17-9-11-5-6-14-15(7-11)19-10-18-14/h5-7,12-13,17H,1-4,9-10H2. The smallest absolute Gasteiger partial charge is 0.231 e. The molecule has 2 atom stereocenters. The van der Waals surface area contributed by atoms with Crippen molar-refractivity contribution in [3.05, 3.63) is 23.8 Å². The van der Waals surface area contributed by atoms with Gasteiger partial charge in [-0.2, -0.15) is 5.26 Å². The lowest BCUT2D eigenvalue weighted by Gasteiger charge is -2.27. The number of hydrogen-bond donors (Lipinski definition) is 1. The van der Waals surface area contributed by atoms with Crippen molar-refractivity contribution >= 4 is 0 Å². The van der Waals surface area contributed by atoms with Crippen molar-refractivity contribution < 1.29 is 9.47 Å². The topological polar surface area (TPSA) is 54.3 Å². The number of rotatable bonds is 3. The van der Waals surface area contributed by atoms with Gasteiger partial charge in [0, 0.05) is 12.6 Å². The van der Waals surface area contributed by atoms with Gasteiger partial charge in [0.1, 0.15) is 0 Å². The fourth-order valence-electron chi connectivity index (χ4n) is 2.83. The SMILES string of the molecule is N#CC1CCCCC1NCc1ccc2c(c1)OCO2. The molecule has 19 heavy (non-hydrogen) atoms. The highest BCUT2D eigenvalue weighted by Crippen LogP contribution is 2.32. The van der Waals surface area contributed by atoms with Gasteiger partial charge >= 0.3 is 0 Å². The lowest BCUT2D eigenvalue weighted by Crippen LogP contribution is -2.37. The van der Waals surface area contributed by atoms with Gasteiger partial charge in [-0.25, -0.2) is 0 Å². The molecule has 0 saturated heterocycles. The Labute approximate surface area is 113 Å². The molecule has 1 saturated carbocycles. The third kappa shape index (κ3) is 2.66. The quantitative estimate of drug-likeness (QED) is 0.905. The molecular formula is C15H18N2O2. The van der Waals surface area contributed by atoms with Gasteiger partial charge in [0.15, 0.2) is 11.5 Å². The van der Waals surface area contributed by atoms with E-state index in [1.165, 1.54) is 18.4 Å². The van der Waals surface area contributed by atoms with Crippen molar-refractivity contribution in [1.29, 1.82) is 5.26 Å². The molecule has 1 aromatic carbocycles. The van der Waals surface area contributed by atoms with Crippen LogP contribution >= 0.6 is 0 Å². The maximum absolute atomic E-state index is 9.16. The zero-order valence-electron chi connectivity index (χ0n) is 10.9. The lowest BCUT2D eigenvalue weighted by molar-refractivity contribution is 0.174. The normalized spacial score (nSPS) is 25.0. The minimum absolute atomic E-state index is 0.155. The summed E-state index contributed by atoms with van der Waals surface area (Å²) in [6.45, 7) is 1.09. The molecule has 0 aromatic heterocycles. The second-order valence-electron chi connectivity index (χ2n) is 5.20. The van der Waals surface area contributed by atoms with Gasteiger partial charge < -0.3 is 14.8 Å². The Morgan fingerprint density at radius 1 is 1.21 bits per heavy atom. The molecule has 2 aliphatic rings. The van der Waals surface area contributed by atoms with Crippen molar-refractivity contribution in [2.45, 2.75) is 38.3 Å². The van der Waals surface area contributed by atoms with Crippen LogP contribution in [0, 0.1) is 17.2 Å². The fourth-order valence-corrected chi connectivity index (χ4v) is 2.83. The summed E-state index contributed by atoms with van der Waals surface area (Å²) in [6.07, 6.45) is 4.52. The molecule has 100 valence electrons. The van der Waals surface area contributed by atoms with Crippen LogP contribution in [0.15, 0.2) is 18.2 Å². The van der Waals surface area contributed by atoms with Crippen molar-refractivity contribution in [3.63, 3.8) is 0 Å². The van der Waals surface area contributed by atoms with Crippen LogP contribution in [0.25, 0.3) is 0 Å². The number of benzene rings is 1. The Morgan fingerprint density at radius 2 is 2.05 bits per heavy atom. The first-order chi connectivity index (χ1) is 9.36. The highest BCUT2D eigenvalue weighted by molar-refractivity contribution is 5.44. The van der Waals surface area contributed by atoms with Gasteiger partial charge in [0.25, 0.3) is 0 Å². The van der Waals surface area contributed by atoms with Crippen LogP contribution in [0.5, 0.6) is 11.5 Å². The Hall–Kier alpha value is -1.73. The summed E-state index contributed by atoms with van der Waals surface area (Å²) in [5, 5.41) is 12.7. The zero-order valence-corrected chi connectivity index (χ0v) is 10.9. The number of fused-ring (bicyclic) bond motifs is 1. The predicted octanol–water partition coefficient (Wildman–Crippen LogP) is 2.59. The highest BCUT2D eigenvalue weighted by Gasteiger charge is 2.24. The van der Waals surface area contributed by atoms with Crippen LogP contribution in [0.3, 0.4) is 0 Å². The van der Waals surface area contributed by atoms with Gasteiger partial charge in [0.2, 0.25) is 6.79 Å². The molecule has 1 N–H and O–H groups in total. The van der Waals surface area contributed by atoms with E-state index in [0.717, 1.165) is 30.9 Å². The zero-order chi connectivity index (χ0) is 13.1. The molecule has 1 fully saturated rings. The van der Waals surface area contributed by atoms with E-state index < -0.39 is 0 Å². The Bertz CT molecular complexity index is 495. The average Bonchev–Trinajstić information content (AvgIpc) is 2.93. The molecule has 4 heteroatoms.